The van der Waals surface area contributed by atoms with Crippen molar-refractivity contribution in [1.29, 1.82) is 0 Å². The third kappa shape index (κ3) is 3.05. The van der Waals surface area contributed by atoms with Crippen LogP contribution in [0.1, 0.15) is 51.3 Å². The van der Waals surface area contributed by atoms with Crippen molar-refractivity contribution in [2.24, 2.45) is 0 Å². The molecule has 1 saturated carbocycles. The molecule has 1 aromatic heterocycles. The van der Waals surface area contributed by atoms with Gasteiger partial charge in [-0.15, -0.1) is 0 Å². The van der Waals surface area contributed by atoms with Crippen molar-refractivity contribution in [2.75, 3.05) is 0 Å². The summed E-state index contributed by atoms with van der Waals surface area (Å²) in [7, 11) is -1.47. The highest BCUT2D eigenvalue weighted by Crippen LogP contribution is 2.29. The van der Waals surface area contributed by atoms with E-state index in [-0.39, 0.29) is 5.75 Å². The van der Waals surface area contributed by atoms with E-state index in [1.165, 1.54) is 26.7 Å². The molecule has 0 amide bonds. The second-order valence-corrected chi connectivity index (χ2v) is 7.53. The summed E-state index contributed by atoms with van der Waals surface area (Å²) in [5.74, 6) is -0.847. The third-order valence-corrected chi connectivity index (χ3v) is 5.60. The van der Waals surface area contributed by atoms with Crippen molar-refractivity contribution in [2.45, 2.75) is 56.1 Å². The maximum atomic E-state index is 12.1. The first-order chi connectivity index (χ1) is 8.91. The Kier molecular flexibility index (Phi) is 4.08. The highest BCUT2D eigenvalue weighted by molar-refractivity contribution is 7.86. The van der Waals surface area contributed by atoms with Crippen LogP contribution in [0.15, 0.2) is 12.3 Å². The van der Waals surface area contributed by atoms with Crippen LogP contribution in [0.2, 0.25) is 0 Å². The van der Waals surface area contributed by atoms with Crippen LogP contribution in [0, 0.1) is 0 Å². The van der Waals surface area contributed by atoms with E-state index in [0.717, 1.165) is 12.8 Å². The summed E-state index contributed by atoms with van der Waals surface area (Å²) in [5, 5.41) is 13.5. The second-order valence-electron chi connectivity index (χ2n) is 5.53. The van der Waals surface area contributed by atoms with Gasteiger partial charge < -0.3 is 5.11 Å². The van der Waals surface area contributed by atoms with Gasteiger partial charge in [0, 0.05) is 17.0 Å². The zero-order chi connectivity index (χ0) is 14.0. The molecule has 0 aliphatic heterocycles. The minimum absolute atomic E-state index is 0.193. The number of carboxylic acids is 1. The van der Waals surface area contributed by atoms with Crippen LogP contribution in [0.3, 0.4) is 0 Å². The summed E-state index contributed by atoms with van der Waals surface area (Å²) in [6.07, 6.45) is 6.67. The first-order valence-corrected chi connectivity index (χ1v) is 7.89. The van der Waals surface area contributed by atoms with Crippen LogP contribution in [0.4, 0.5) is 0 Å². The summed E-state index contributed by atoms with van der Waals surface area (Å²) >= 11 is 0. The molecule has 0 radical (unpaired) electrons. The number of carboxylic acid groups (broad SMARTS) is 1. The number of aliphatic carboxylic acids is 1. The Morgan fingerprint density at radius 1 is 1.53 bits per heavy atom. The van der Waals surface area contributed by atoms with E-state index in [4.69, 9.17) is 5.11 Å². The number of hydrogen-bond donors (Lipinski definition) is 1. The minimum Gasteiger partial charge on any atom is -0.480 e. The quantitative estimate of drug-likeness (QED) is 0.899. The molecule has 5 nitrogen and oxygen atoms in total. The van der Waals surface area contributed by atoms with Gasteiger partial charge in [0.1, 0.15) is 4.75 Å². The molecular formula is C13H20N2O3S. The molecule has 2 rings (SSSR count). The molecule has 1 aliphatic carbocycles. The lowest BCUT2D eigenvalue weighted by atomic mass is 10.2. The maximum Gasteiger partial charge on any atom is 0.321 e. The van der Waals surface area contributed by atoms with Crippen molar-refractivity contribution in [3.05, 3.63) is 18.0 Å². The largest absolute Gasteiger partial charge is 0.480 e. The van der Waals surface area contributed by atoms with Crippen molar-refractivity contribution < 1.29 is 14.1 Å². The predicted molar refractivity (Wildman–Crippen MR) is 73.3 cm³/mol. The van der Waals surface area contributed by atoms with Crippen LogP contribution in [-0.4, -0.2) is 29.8 Å². The van der Waals surface area contributed by atoms with Gasteiger partial charge in [0.05, 0.1) is 17.5 Å². The van der Waals surface area contributed by atoms with Gasteiger partial charge in [0.2, 0.25) is 0 Å². The number of nitrogens with zero attached hydrogens (tertiary/aromatic N) is 2. The molecule has 1 heterocycles. The van der Waals surface area contributed by atoms with Crippen LogP contribution in [-0.2, 0) is 21.3 Å². The first kappa shape index (κ1) is 14.2. The monoisotopic (exact) mass is 284 g/mol. The van der Waals surface area contributed by atoms with E-state index < -0.39 is 21.5 Å². The number of carbonyl (C=O) groups is 1. The maximum absolute atomic E-state index is 12.1. The summed E-state index contributed by atoms with van der Waals surface area (Å²) in [4.78, 5) is 11.0. The Bertz CT molecular complexity index is 490. The molecule has 1 aliphatic rings. The van der Waals surface area contributed by atoms with Gasteiger partial charge in [-0.25, -0.2) is 0 Å². The molecular weight excluding hydrogens is 264 g/mol. The molecule has 6 heteroatoms. The molecule has 19 heavy (non-hydrogen) atoms. The van der Waals surface area contributed by atoms with Crippen LogP contribution < -0.4 is 0 Å². The normalized spacial score (nSPS) is 18.6. The van der Waals surface area contributed by atoms with Gasteiger partial charge in [-0.3, -0.25) is 13.7 Å². The van der Waals surface area contributed by atoms with E-state index in [1.54, 1.807) is 0 Å². The first-order valence-electron chi connectivity index (χ1n) is 6.57. The van der Waals surface area contributed by atoms with E-state index in [9.17, 15) is 9.00 Å². The molecule has 106 valence electrons. The lowest BCUT2D eigenvalue weighted by molar-refractivity contribution is -0.139. The second kappa shape index (κ2) is 5.45. The molecule has 0 spiro atoms. The van der Waals surface area contributed by atoms with Gasteiger partial charge in [-0.05, 0) is 32.8 Å². The molecule has 1 atom stereocenters. The van der Waals surface area contributed by atoms with Gasteiger partial charge in [0.15, 0.2) is 0 Å². The van der Waals surface area contributed by atoms with Crippen LogP contribution in [0.5, 0.6) is 0 Å². The number of rotatable bonds is 5. The van der Waals surface area contributed by atoms with Crippen LogP contribution in [0.25, 0.3) is 0 Å². The Morgan fingerprint density at radius 3 is 2.74 bits per heavy atom. The molecule has 0 aromatic carbocycles. The lowest BCUT2D eigenvalue weighted by Crippen LogP contribution is -2.37. The van der Waals surface area contributed by atoms with Crippen molar-refractivity contribution in [3.8, 4) is 0 Å². The fourth-order valence-corrected chi connectivity index (χ4v) is 3.22. The smallest absolute Gasteiger partial charge is 0.321 e. The standard InChI is InChI=1S/C13H20N2O3S/c1-13(2,12(16)17)19(18)9-10-7-8-15(14-10)11-5-3-4-6-11/h7-8,11H,3-6,9H2,1-2H3,(H,16,17). The van der Waals surface area contributed by atoms with Crippen molar-refractivity contribution in [3.63, 3.8) is 0 Å². The Balaban J connectivity index is 2.04. The van der Waals surface area contributed by atoms with E-state index in [2.05, 4.69) is 5.10 Å². The molecule has 0 saturated heterocycles. The van der Waals surface area contributed by atoms with Gasteiger partial charge >= 0.3 is 5.97 Å². The van der Waals surface area contributed by atoms with Crippen LogP contribution >= 0.6 is 0 Å². The van der Waals surface area contributed by atoms with Gasteiger partial charge in [-0.2, -0.15) is 5.10 Å². The summed E-state index contributed by atoms with van der Waals surface area (Å²) in [5.41, 5.74) is 0.708. The molecule has 0 bridgehead atoms. The summed E-state index contributed by atoms with van der Waals surface area (Å²) in [6.45, 7) is 2.97. The van der Waals surface area contributed by atoms with E-state index >= 15 is 0 Å². The SMILES string of the molecule is CC(C)(C(=O)O)S(=O)Cc1ccn(C2CCCC2)n1. The topological polar surface area (TPSA) is 72.2 Å². The molecule has 1 fully saturated rings. The fraction of sp³-hybridized carbons (Fsp3) is 0.692. The predicted octanol–water partition coefficient (Wildman–Crippen LogP) is 2.11. The Morgan fingerprint density at radius 2 is 2.16 bits per heavy atom. The zero-order valence-corrected chi connectivity index (χ0v) is 12.2. The van der Waals surface area contributed by atoms with Crippen molar-refractivity contribution >= 4 is 16.8 Å². The Hall–Kier alpha value is -1.17. The number of hydrogen-bond acceptors (Lipinski definition) is 3. The number of aromatic nitrogens is 2. The summed E-state index contributed by atoms with van der Waals surface area (Å²) in [6, 6.07) is 2.29. The fourth-order valence-electron chi connectivity index (χ4n) is 2.24. The van der Waals surface area contributed by atoms with Gasteiger partial charge in [-0.1, -0.05) is 12.8 Å². The van der Waals surface area contributed by atoms with E-state index in [1.807, 2.05) is 16.9 Å². The minimum atomic E-state index is -1.47. The highest BCUT2D eigenvalue weighted by atomic mass is 32.2. The van der Waals surface area contributed by atoms with E-state index in [0.29, 0.717) is 11.7 Å². The molecule has 1 aromatic rings. The molecule has 1 unspecified atom stereocenters. The highest BCUT2D eigenvalue weighted by Gasteiger charge is 2.34. The average Bonchev–Trinajstić information content (AvgIpc) is 2.97. The average molecular weight is 284 g/mol. The Labute approximate surface area is 115 Å². The molecule has 1 N–H and O–H groups in total. The van der Waals surface area contributed by atoms with Crippen molar-refractivity contribution in [1.82, 2.24) is 9.78 Å². The van der Waals surface area contributed by atoms with Gasteiger partial charge in [0.25, 0.3) is 0 Å². The summed E-state index contributed by atoms with van der Waals surface area (Å²) < 4.78 is 12.8. The lowest BCUT2D eigenvalue weighted by Gasteiger charge is -2.17. The third-order valence-electron chi connectivity index (χ3n) is 3.73. The zero-order valence-electron chi connectivity index (χ0n) is 11.3.